The van der Waals surface area contributed by atoms with Crippen LogP contribution in [0.5, 0.6) is 0 Å². The van der Waals surface area contributed by atoms with Crippen molar-refractivity contribution in [3.05, 3.63) is 0 Å². The number of esters is 2. The van der Waals surface area contributed by atoms with Gasteiger partial charge in [0.25, 0.3) is 0 Å². The molecule has 0 aromatic rings. The monoisotopic (exact) mass is 599 g/mol. The van der Waals surface area contributed by atoms with Crippen LogP contribution in [0.2, 0.25) is 0 Å². The van der Waals surface area contributed by atoms with Crippen molar-refractivity contribution in [3.63, 3.8) is 0 Å². The Morgan fingerprint density at radius 3 is 2.26 bits per heavy atom. The smallest absolute Gasteiger partial charge is 0.306 e. The first-order chi connectivity index (χ1) is 20.4. The molecule has 2 heterocycles. The van der Waals surface area contributed by atoms with Gasteiger partial charge in [0.2, 0.25) is 0 Å². The van der Waals surface area contributed by atoms with Gasteiger partial charge in [0.1, 0.15) is 12.1 Å². The molecule has 0 spiro atoms. The number of hydrogen-bond acceptors (Lipinski definition) is 5. The summed E-state index contributed by atoms with van der Waals surface area (Å²) in [5.74, 6) is 2.93. The first-order valence-corrected chi connectivity index (χ1v) is 18.4. The number of carbonyl (C=O) groups excluding carboxylic acids is 2. The summed E-state index contributed by atoms with van der Waals surface area (Å²) in [6, 6.07) is 0.785. The molecule has 244 valence electrons. The number of fused-ring (bicyclic) bond motifs is 5. The fraction of sp³-hybridized carbons (Fsp3) is 0.946. The van der Waals surface area contributed by atoms with E-state index in [1.807, 2.05) is 0 Å². The highest BCUT2D eigenvalue weighted by atomic mass is 16.5. The van der Waals surface area contributed by atoms with E-state index in [4.69, 9.17) is 9.47 Å². The molecule has 2 saturated heterocycles. The van der Waals surface area contributed by atoms with Crippen LogP contribution in [0.25, 0.3) is 0 Å². The summed E-state index contributed by atoms with van der Waals surface area (Å²) in [5.41, 5.74) is 0.357. The highest BCUT2D eigenvalue weighted by molar-refractivity contribution is 5.70. The minimum atomic E-state index is -0.109. The summed E-state index contributed by atoms with van der Waals surface area (Å²) in [6.45, 7) is 15.8. The number of rotatable bonds is 6. The Bertz CT molecular complexity index is 1020. The molecular weight excluding hydrogens is 536 g/mol. The quantitative estimate of drug-likeness (QED) is 0.243. The fourth-order valence-electron chi connectivity index (χ4n) is 12.1. The molecule has 0 radical (unpaired) electrons. The van der Waals surface area contributed by atoms with Crippen LogP contribution < -0.4 is 0 Å². The summed E-state index contributed by atoms with van der Waals surface area (Å²) in [6.07, 6.45) is 16.8. The Morgan fingerprint density at radius 1 is 0.884 bits per heavy atom. The molecule has 0 bridgehead atoms. The largest absolute Gasteiger partial charge is 0.461 e. The first-order valence-electron chi connectivity index (χ1n) is 18.4. The van der Waals surface area contributed by atoms with Gasteiger partial charge in [-0.3, -0.25) is 14.5 Å². The third kappa shape index (κ3) is 5.83. The van der Waals surface area contributed by atoms with Gasteiger partial charge in [0.15, 0.2) is 6.10 Å². The molecule has 6 nitrogen and oxygen atoms in total. The molecular formula is C37H63N2O4+. The van der Waals surface area contributed by atoms with Crippen molar-refractivity contribution >= 4 is 11.9 Å². The number of hydrogen-bond donors (Lipinski definition) is 0. The molecule has 10 atom stereocenters. The van der Waals surface area contributed by atoms with Crippen LogP contribution in [0.1, 0.15) is 125 Å². The Morgan fingerprint density at radius 2 is 1.58 bits per heavy atom. The average molecular weight is 600 g/mol. The number of likely N-dealkylation sites (N-methyl/N-ethyl adjacent to an activating group) is 1. The number of piperidine rings is 2. The first kappa shape index (κ1) is 31.8. The van der Waals surface area contributed by atoms with Crippen molar-refractivity contribution in [3.8, 4) is 0 Å². The van der Waals surface area contributed by atoms with Gasteiger partial charge in [-0.2, -0.15) is 0 Å². The van der Waals surface area contributed by atoms with Crippen molar-refractivity contribution in [2.75, 3.05) is 33.2 Å². The highest BCUT2D eigenvalue weighted by Crippen LogP contribution is 2.67. The zero-order valence-corrected chi connectivity index (χ0v) is 28.5. The minimum absolute atomic E-state index is 0.0291. The topological polar surface area (TPSA) is 55.8 Å². The van der Waals surface area contributed by atoms with E-state index < -0.39 is 0 Å². The van der Waals surface area contributed by atoms with Gasteiger partial charge >= 0.3 is 11.9 Å². The van der Waals surface area contributed by atoms with Crippen molar-refractivity contribution < 1.29 is 23.5 Å². The van der Waals surface area contributed by atoms with E-state index in [1.54, 1.807) is 6.92 Å². The molecule has 4 aliphatic carbocycles. The molecule has 0 amide bonds. The lowest BCUT2D eigenvalue weighted by molar-refractivity contribution is -0.940. The number of quaternary nitrogens is 1. The van der Waals surface area contributed by atoms with Crippen molar-refractivity contribution in [1.29, 1.82) is 0 Å². The molecule has 0 aromatic carbocycles. The van der Waals surface area contributed by atoms with E-state index in [1.165, 1.54) is 90.1 Å². The second-order valence-electron chi connectivity index (χ2n) is 17.3. The van der Waals surface area contributed by atoms with Crippen LogP contribution >= 0.6 is 0 Å². The van der Waals surface area contributed by atoms with Crippen LogP contribution in [0.4, 0.5) is 0 Å². The van der Waals surface area contributed by atoms with Crippen molar-refractivity contribution in [1.82, 2.24) is 4.90 Å². The van der Waals surface area contributed by atoms with Crippen LogP contribution in [-0.2, 0) is 19.1 Å². The Hall–Kier alpha value is -1.14. The highest BCUT2D eigenvalue weighted by Gasteiger charge is 2.67. The molecule has 6 aliphatic rings. The number of likely N-dealkylation sites (tertiary alicyclic amines) is 2. The van der Waals surface area contributed by atoms with Crippen LogP contribution in [0.15, 0.2) is 0 Å². The maximum absolute atomic E-state index is 13.3. The summed E-state index contributed by atoms with van der Waals surface area (Å²) < 4.78 is 13.9. The summed E-state index contributed by atoms with van der Waals surface area (Å²) in [7, 11) is 2.49. The Balaban J connectivity index is 1.28. The van der Waals surface area contributed by atoms with Crippen molar-refractivity contribution in [2.45, 2.75) is 149 Å². The molecule has 6 heteroatoms. The van der Waals surface area contributed by atoms with Gasteiger partial charge in [-0.1, -0.05) is 34.1 Å². The molecule has 5 unspecified atom stereocenters. The summed E-state index contributed by atoms with van der Waals surface area (Å²) in [4.78, 5) is 28.2. The third-order valence-electron chi connectivity index (χ3n) is 14.2. The fourth-order valence-corrected chi connectivity index (χ4v) is 12.1. The van der Waals surface area contributed by atoms with Gasteiger partial charge in [0, 0.05) is 31.2 Å². The lowest BCUT2D eigenvalue weighted by Crippen LogP contribution is -2.61. The summed E-state index contributed by atoms with van der Waals surface area (Å²) >= 11 is 0. The van der Waals surface area contributed by atoms with Crippen molar-refractivity contribution in [2.24, 2.45) is 40.4 Å². The van der Waals surface area contributed by atoms with E-state index in [0.29, 0.717) is 48.1 Å². The zero-order valence-electron chi connectivity index (χ0n) is 28.5. The van der Waals surface area contributed by atoms with Gasteiger partial charge in [-0.15, -0.1) is 0 Å². The van der Waals surface area contributed by atoms with Gasteiger partial charge in [-0.05, 0) is 119 Å². The predicted molar refractivity (Wildman–Crippen MR) is 170 cm³/mol. The third-order valence-corrected chi connectivity index (χ3v) is 14.2. The molecule has 43 heavy (non-hydrogen) atoms. The molecule has 6 fully saturated rings. The SMILES string of the molecule is CC(=O)O[C@H]1C[C@@H]2CCC3C4CC([N+]5(C)CCCCC5)[C@H](OC(=O)CC(C)C)[C@@]4(C)CCC3[C@@]2(C)CC1N1CCCCC1. The molecule has 6 rings (SSSR count). The Kier molecular flexibility index (Phi) is 9.05. The van der Waals surface area contributed by atoms with Crippen LogP contribution in [-0.4, -0.2) is 78.8 Å². The molecule has 4 saturated carbocycles. The van der Waals surface area contributed by atoms with E-state index in [2.05, 4.69) is 39.6 Å². The lowest BCUT2D eigenvalue weighted by atomic mass is 9.44. The lowest BCUT2D eigenvalue weighted by Gasteiger charge is -2.62. The van der Waals surface area contributed by atoms with Gasteiger partial charge < -0.3 is 14.0 Å². The second kappa shape index (κ2) is 12.2. The van der Waals surface area contributed by atoms with Crippen LogP contribution in [0.3, 0.4) is 0 Å². The predicted octanol–water partition coefficient (Wildman–Crippen LogP) is 6.99. The Labute approximate surface area is 262 Å². The van der Waals surface area contributed by atoms with Gasteiger partial charge in [-0.25, -0.2) is 0 Å². The van der Waals surface area contributed by atoms with E-state index >= 15 is 0 Å². The molecule has 2 aliphatic heterocycles. The maximum atomic E-state index is 13.3. The normalized spacial score (nSPS) is 44.6. The average Bonchev–Trinajstić information content (AvgIpc) is 3.26. The number of nitrogens with zero attached hydrogens (tertiary/aromatic N) is 2. The number of ether oxygens (including phenoxy) is 2. The van der Waals surface area contributed by atoms with E-state index in [-0.39, 0.29) is 35.0 Å². The molecule has 0 aromatic heterocycles. The number of carbonyl (C=O) groups is 2. The zero-order chi connectivity index (χ0) is 30.6. The second-order valence-corrected chi connectivity index (χ2v) is 17.3. The minimum Gasteiger partial charge on any atom is -0.461 e. The maximum Gasteiger partial charge on any atom is 0.306 e. The van der Waals surface area contributed by atoms with Crippen LogP contribution in [0, 0.1) is 40.4 Å². The standard InChI is InChI=1S/C37H63N2O4/c1-25(2)21-34(41)43-35-32(39(6)19-11-8-12-20-39)23-30-28-14-13-27-22-33(42-26(3)40)31(38-17-9-7-10-18-38)24-37(27,5)29(28)15-16-36(30,35)4/h25,27-33,35H,7-24H2,1-6H3/q+1/t27-,28?,29?,30?,31?,32?,33-,35-,36-,37-/m0/s1. The van der Waals surface area contributed by atoms with E-state index in [9.17, 15) is 9.59 Å². The molecule has 0 N–H and O–H groups in total. The van der Waals surface area contributed by atoms with Gasteiger partial charge in [0.05, 0.1) is 20.1 Å². The van der Waals surface area contributed by atoms with E-state index in [0.717, 1.165) is 24.0 Å². The summed E-state index contributed by atoms with van der Waals surface area (Å²) in [5, 5.41) is 0.